The van der Waals surface area contributed by atoms with Crippen molar-refractivity contribution in [2.24, 2.45) is 11.7 Å². The van der Waals surface area contributed by atoms with Crippen molar-refractivity contribution in [1.82, 2.24) is 10.6 Å². The number of aliphatic carboxylic acids is 1. The van der Waals surface area contributed by atoms with E-state index in [1.54, 1.807) is 0 Å². The second-order valence-electron chi connectivity index (χ2n) is 4.34. The van der Waals surface area contributed by atoms with Gasteiger partial charge in [-0.25, -0.2) is 4.79 Å². The number of hydrogen-bond acceptors (Lipinski definition) is 3. The molecule has 1 aliphatic rings. The summed E-state index contributed by atoms with van der Waals surface area (Å²) in [6, 6.07) is 0. The van der Waals surface area contributed by atoms with Crippen LogP contribution in [0.1, 0.15) is 26.2 Å². The Hall–Kier alpha value is -1.79. The molecule has 0 spiro atoms. The van der Waals surface area contributed by atoms with E-state index in [0.717, 1.165) is 6.42 Å². The molecule has 0 radical (unpaired) electrons. The molecule has 17 heavy (non-hydrogen) atoms. The minimum Gasteiger partial charge on any atom is -0.479 e. The summed E-state index contributed by atoms with van der Waals surface area (Å²) in [5.74, 6) is -1.84. The Bertz CT molecular complexity index is 344. The van der Waals surface area contributed by atoms with Crippen molar-refractivity contribution < 1.29 is 14.7 Å². The first-order valence-corrected chi connectivity index (χ1v) is 5.48. The van der Waals surface area contributed by atoms with E-state index in [0.29, 0.717) is 12.8 Å². The summed E-state index contributed by atoms with van der Waals surface area (Å²) in [5, 5.41) is 21.7. The maximum absolute atomic E-state index is 11.4. The van der Waals surface area contributed by atoms with Crippen molar-refractivity contribution in [2.75, 3.05) is 6.54 Å². The van der Waals surface area contributed by atoms with Crippen LogP contribution < -0.4 is 16.4 Å². The number of guanidine groups is 1. The molecule has 0 heterocycles. The average molecular weight is 242 g/mol. The van der Waals surface area contributed by atoms with Crippen LogP contribution in [0.2, 0.25) is 0 Å². The number of nitrogens with two attached hydrogens (primary N) is 1. The second kappa shape index (κ2) is 5.03. The topological polar surface area (TPSA) is 128 Å². The fourth-order valence-corrected chi connectivity index (χ4v) is 2.36. The molecule has 1 amide bonds. The van der Waals surface area contributed by atoms with Crippen molar-refractivity contribution in [3.8, 4) is 0 Å². The van der Waals surface area contributed by atoms with E-state index < -0.39 is 11.5 Å². The van der Waals surface area contributed by atoms with Gasteiger partial charge in [0.2, 0.25) is 5.91 Å². The van der Waals surface area contributed by atoms with Gasteiger partial charge in [0.25, 0.3) is 0 Å². The summed E-state index contributed by atoms with van der Waals surface area (Å²) in [7, 11) is 0. The Morgan fingerprint density at radius 3 is 2.71 bits per heavy atom. The maximum atomic E-state index is 11.4. The Morgan fingerprint density at radius 1 is 1.59 bits per heavy atom. The normalized spacial score (nSPS) is 27.5. The van der Waals surface area contributed by atoms with E-state index >= 15 is 0 Å². The summed E-state index contributed by atoms with van der Waals surface area (Å²) in [6.07, 6.45) is 1.83. The molecule has 1 fully saturated rings. The Balaban J connectivity index is 2.82. The van der Waals surface area contributed by atoms with Crippen LogP contribution in [-0.4, -0.2) is 35.0 Å². The molecule has 0 aromatic heterocycles. The van der Waals surface area contributed by atoms with E-state index in [1.807, 2.05) is 0 Å². The van der Waals surface area contributed by atoms with Crippen molar-refractivity contribution >= 4 is 17.8 Å². The molecule has 7 nitrogen and oxygen atoms in total. The third-order valence-corrected chi connectivity index (χ3v) is 3.16. The highest BCUT2D eigenvalue weighted by molar-refractivity contribution is 5.87. The smallest absolute Gasteiger partial charge is 0.329 e. The van der Waals surface area contributed by atoms with Crippen LogP contribution in [0.25, 0.3) is 0 Å². The third-order valence-electron chi connectivity index (χ3n) is 3.16. The lowest BCUT2D eigenvalue weighted by Gasteiger charge is -2.32. The number of amides is 1. The van der Waals surface area contributed by atoms with E-state index in [-0.39, 0.29) is 24.3 Å². The number of carbonyl (C=O) groups excluding carboxylic acids is 1. The summed E-state index contributed by atoms with van der Waals surface area (Å²) in [5.41, 5.74) is 4.01. The number of hydrogen-bond donors (Lipinski definition) is 5. The lowest BCUT2D eigenvalue weighted by atomic mass is 9.86. The largest absolute Gasteiger partial charge is 0.479 e. The van der Waals surface area contributed by atoms with E-state index in [1.165, 1.54) is 6.92 Å². The summed E-state index contributed by atoms with van der Waals surface area (Å²) in [4.78, 5) is 22.2. The van der Waals surface area contributed by atoms with Gasteiger partial charge in [-0.1, -0.05) is 6.42 Å². The van der Waals surface area contributed by atoms with Gasteiger partial charge in [-0.2, -0.15) is 0 Å². The second-order valence-corrected chi connectivity index (χ2v) is 4.34. The third kappa shape index (κ3) is 2.86. The predicted molar refractivity (Wildman–Crippen MR) is 61.4 cm³/mol. The average Bonchev–Trinajstić information content (AvgIpc) is 2.58. The monoisotopic (exact) mass is 242 g/mol. The van der Waals surface area contributed by atoms with Crippen molar-refractivity contribution in [2.45, 2.75) is 31.7 Å². The minimum absolute atomic E-state index is 0.195. The van der Waals surface area contributed by atoms with Crippen LogP contribution in [0.4, 0.5) is 0 Å². The summed E-state index contributed by atoms with van der Waals surface area (Å²) in [6.45, 7) is 1.66. The number of carboxylic acids is 1. The highest BCUT2D eigenvalue weighted by Gasteiger charge is 2.49. The highest BCUT2D eigenvalue weighted by atomic mass is 16.4. The zero-order valence-corrected chi connectivity index (χ0v) is 9.75. The molecular formula is C10H18N4O3. The molecule has 1 saturated carbocycles. The zero-order chi connectivity index (χ0) is 13.1. The zero-order valence-electron chi connectivity index (χ0n) is 9.75. The molecule has 2 unspecified atom stereocenters. The number of carbonyl (C=O) groups is 2. The first kappa shape index (κ1) is 13.3. The molecular weight excluding hydrogens is 224 g/mol. The first-order chi connectivity index (χ1) is 7.88. The minimum atomic E-state index is -1.23. The van der Waals surface area contributed by atoms with E-state index in [9.17, 15) is 14.7 Å². The first-order valence-electron chi connectivity index (χ1n) is 5.48. The van der Waals surface area contributed by atoms with Gasteiger partial charge in [0, 0.05) is 19.4 Å². The molecule has 0 aliphatic heterocycles. The summed E-state index contributed by atoms with van der Waals surface area (Å²) >= 11 is 0. The van der Waals surface area contributed by atoms with Gasteiger partial charge in [-0.05, 0) is 12.8 Å². The lowest BCUT2D eigenvalue weighted by Crippen LogP contribution is -2.60. The number of nitrogens with one attached hydrogen (secondary N) is 3. The van der Waals surface area contributed by atoms with Gasteiger partial charge >= 0.3 is 5.97 Å². The van der Waals surface area contributed by atoms with Gasteiger partial charge in [0.05, 0.1) is 0 Å². The molecule has 0 aromatic carbocycles. The molecule has 2 atom stereocenters. The van der Waals surface area contributed by atoms with Gasteiger partial charge < -0.3 is 21.5 Å². The predicted octanol–water partition coefficient (Wildman–Crippen LogP) is -0.771. The number of rotatable bonds is 4. The standard InChI is InChI=1S/C10H18N4O3/c1-6(15)13-5-7-3-2-4-10(7,8(16)17)14-9(11)12/h7H,2-5H2,1H3,(H,13,15)(H,16,17)(H4,11,12,14). The molecule has 7 heteroatoms. The van der Waals surface area contributed by atoms with Gasteiger partial charge in [0.15, 0.2) is 5.96 Å². The molecule has 1 aliphatic carbocycles. The van der Waals surface area contributed by atoms with Gasteiger partial charge in [-0.3, -0.25) is 10.2 Å². The van der Waals surface area contributed by atoms with Crippen LogP contribution in [0.5, 0.6) is 0 Å². The molecule has 0 aromatic rings. The number of carboxylic acid groups (broad SMARTS) is 1. The van der Waals surface area contributed by atoms with Crippen LogP contribution in [0.15, 0.2) is 0 Å². The Labute approximate surface area is 99.3 Å². The van der Waals surface area contributed by atoms with Gasteiger partial charge in [-0.15, -0.1) is 0 Å². The quantitative estimate of drug-likeness (QED) is 0.326. The molecule has 6 N–H and O–H groups in total. The van der Waals surface area contributed by atoms with Crippen molar-refractivity contribution in [1.29, 1.82) is 5.41 Å². The van der Waals surface area contributed by atoms with Crippen LogP contribution in [0, 0.1) is 11.3 Å². The Morgan fingerprint density at radius 2 is 2.24 bits per heavy atom. The van der Waals surface area contributed by atoms with Crippen LogP contribution in [0.3, 0.4) is 0 Å². The lowest BCUT2D eigenvalue weighted by molar-refractivity contribution is -0.146. The molecule has 96 valence electrons. The van der Waals surface area contributed by atoms with E-state index in [2.05, 4.69) is 10.6 Å². The maximum Gasteiger partial charge on any atom is 0.329 e. The van der Waals surface area contributed by atoms with Crippen LogP contribution in [-0.2, 0) is 9.59 Å². The molecule has 0 bridgehead atoms. The SMILES string of the molecule is CC(=O)NCC1CCCC1(NC(=N)N)C(=O)O. The Kier molecular flexibility index (Phi) is 3.93. The van der Waals surface area contributed by atoms with Crippen molar-refractivity contribution in [3.05, 3.63) is 0 Å². The molecule has 1 rings (SSSR count). The fraction of sp³-hybridized carbons (Fsp3) is 0.700. The summed E-state index contributed by atoms with van der Waals surface area (Å²) < 4.78 is 0. The van der Waals surface area contributed by atoms with Crippen LogP contribution >= 0.6 is 0 Å². The highest BCUT2D eigenvalue weighted by Crippen LogP contribution is 2.35. The molecule has 0 saturated heterocycles. The van der Waals surface area contributed by atoms with E-state index in [4.69, 9.17) is 11.1 Å². The fourth-order valence-electron chi connectivity index (χ4n) is 2.36. The van der Waals surface area contributed by atoms with Gasteiger partial charge in [0.1, 0.15) is 5.54 Å². The van der Waals surface area contributed by atoms with Crippen molar-refractivity contribution in [3.63, 3.8) is 0 Å².